The molecule has 0 aliphatic rings. The van der Waals surface area contributed by atoms with Gasteiger partial charge in [0.2, 0.25) is 0 Å². The Morgan fingerprint density at radius 2 is 2.07 bits per heavy atom. The van der Waals surface area contributed by atoms with Crippen molar-refractivity contribution in [3.05, 3.63) is 42.0 Å². The van der Waals surface area contributed by atoms with E-state index in [-0.39, 0.29) is 12.4 Å². The highest BCUT2D eigenvalue weighted by atomic mass is 19.1. The van der Waals surface area contributed by atoms with Crippen molar-refractivity contribution in [1.29, 1.82) is 0 Å². The summed E-state index contributed by atoms with van der Waals surface area (Å²) in [5, 5.41) is 0. The Morgan fingerprint density at radius 1 is 1.36 bits per heavy atom. The summed E-state index contributed by atoms with van der Waals surface area (Å²) >= 11 is 0. The van der Waals surface area contributed by atoms with Crippen LogP contribution in [0.2, 0.25) is 0 Å². The molecule has 3 heteroatoms. The van der Waals surface area contributed by atoms with E-state index in [0.717, 1.165) is 5.56 Å². The van der Waals surface area contributed by atoms with E-state index in [1.165, 1.54) is 6.08 Å². The van der Waals surface area contributed by atoms with Crippen LogP contribution in [0.15, 0.2) is 36.4 Å². The van der Waals surface area contributed by atoms with Crippen LogP contribution in [-0.4, -0.2) is 19.3 Å². The number of ketones is 1. The number of alkyl halides is 1. The normalized spacial score (nSPS) is 10.6. The van der Waals surface area contributed by atoms with E-state index in [2.05, 4.69) is 4.74 Å². The van der Waals surface area contributed by atoms with Crippen molar-refractivity contribution in [3.8, 4) is 0 Å². The van der Waals surface area contributed by atoms with Crippen LogP contribution in [0.1, 0.15) is 5.56 Å². The Kier molecular flexibility index (Phi) is 4.58. The number of halogens is 1. The molecule has 0 saturated heterocycles. The Labute approximate surface area is 82.0 Å². The fourth-order valence-corrected chi connectivity index (χ4v) is 0.941. The van der Waals surface area contributed by atoms with E-state index in [1.807, 2.05) is 30.3 Å². The molecular weight excluding hydrogens is 183 g/mol. The number of benzene rings is 1. The average molecular weight is 194 g/mol. The van der Waals surface area contributed by atoms with Gasteiger partial charge in [0.15, 0.2) is 12.6 Å². The third-order valence-electron chi connectivity index (χ3n) is 1.58. The van der Waals surface area contributed by atoms with E-state index in [0.29, 0.717) is 0 Å². The van der Waals surface area contributed by atoms with E-state index >= 15 is 0 Å². The lowest BCUT2D eigenvalue weighted by Gasteiger charge is -1.93. The summed E-state index contributed by atoms with van der Waals surface area (Å²) < 4.78 is 15.8. The molecule has 0 atom stereocenters. The summed E-state index contributed by atoms with van der Waals surface area (Å²) in [4.78, 5) is 11.0. The zero-order valence-corrected chi connectivity index (χ0v) is 7.65. The standard InChI is InChI=1S/C11H11FO2/c12-9-14-8-11(13)7-6-10-4-2-1-3-5-10/h1-7H,8-9H2/b7-6+. The maximum atomic E-state index is 11.5. The molecule has 1 aromatic carbocycles. The highest BCUT2D eigenvalue weighted by molar-refractivity contribution is 5.94. The molecule has 0 aromatic heterocycles. The predicted octanol–water partition coefficient (Wildman–Crippen LogP) is 2.21. The summed E-state index contributed by atoms with van der Waals surface area (Å²) in [6, 6.07) is 9.40. The lowest BCUT2D eigenvalue weighted by Crippen LogP contribution is -2.03. The largest absolute Gasteiger partial charge is 0.342 e. The molecular formula is C11H11FO2. The van der Waals surface area contributed by atoms with Gasteiger partial charge in [-0.15, -0.1) is 0 Å². The van der Waals surface area contributed by atoms with Gasteiger partial charge in [-0.1, -0.05) is 36.4 Å². The minimum absolute atomic E-state index is 0.208. The number of carbonyl (C=O) groups is 1. The highest BCUT2D eigenvalue weighted by Crippen LogP contribution is 2.00. The van der Waals surface area contributed by atoms with Gasteiger partial charge in [-0.3, -0.25) is 4.79 Å². The number of hydrogen-bond acceptors (Lipinski definition) is 2. The number of rotatable bonds is 5. The van der Waals surface area contributed by atoms with Gasteiger partial charge in [0.25, 0.3) is 0 Å². The van der Waals surface area contributed by atoms with Gasteiger partial charge < -0.3 is 4.74 Å². The lowest BCUT2D eigenvalue weighted by molar-refractivity contribution is -0.120. The van der Waals surface area contributed by atoms with Crippen molar-refractivity contribution in [2.24, 2.45) is 0 Å². The Balaban J connectivity index is 2.44. The van der Waals surface area contributed by atoms with Gasteiger partial charge in [-0.2, -0.15) is 0 Å². The lowest BCUT2D eigenvalue weighted by atomic mass is 10.2. The summed E-state index contributed by atoms with van der Waals surface area (Å²) in [7, 11) is 0. The molecule has 0 unspecified atom stereocenters. The van der Waals surface area contributed by atoms with Crippen molar-refractivity contribution in [2.45, 2.75) is 0 Å². The number of hydrogen-bond donors (Lipinski definition) is 0. The predicted molar refractivity (Wildman–Crippen MR) is 52.4 cm³/mol. The molecule has 14 heavy (non-hydrogen) atoms. The molecule has 0 spiro atoms. The minimum atomic E-state index is -0.926. The first-order chi connectivity index (χ1) is 6.83. The van der Waals surface area contributed by atoms with Crippen molar-refractivity contribution in [3.63, 3.8) is 0 Å². The molecule has 2 nitrogen and oxygen atoms in total. The fraction of sp³-hybridized carbons (Fsp3) is 0.182. The van der Waals surface area contributed by atoms with Crippen molar-refractivity contribution in [2.75, 3.05) is 13.5 Å². The Morgan fingerprint density at radius 3 is 2.71 bits per heavy atom. The van der Waals surface area contributed by atoms with Crippen LogP contribution in [0.25, 0.3) is 6.08 Å². The van der Waals surface area contributed by atoms with E-state index in [4.69, 9.17) is 0 Å². The monoisotopic (exact) mass is 194 g/mol. The summed E-state index contributed by atoms with van der Waals surface area (Å²) in [5.41, 5.74) is 0.932. The zero-order chi connectivity index (χ0) is 10.2. The van der Waals surface area contributed by atoms with Crippen molar-refractivity contribution >= 4 is 11.9 Å². The maximum Gasteiger partial charge on any atom is 0.188 e. The number of carbonyl (C=O) groups excluding carboxylic acids is 1. The quantitative estimate of drug-likeness (QED) is 0.672. The molecule has 0 aliphatic carbocycles. The van der Waals surface area contributed by atoms with Gasteiger partial charge in [-0.25, -0.2) is 4.39 Å². The molecule has 0 bridgehead atoms. The van der Waals surface area contributed by atoms with E-state index < -0.39 is 6.86 Å². The molecule has 0 saturated carbocycles. The third-order valence-corrected chi connectivity index (χ3v) is 1.58. The SMILES string of the molecule is O=C(/C=C/c1ccccc1)COCF. The molecule has 0 aliphatic heterocycles. The van der Waals surface area contributed by atoms with E-state index in [9.17, 15) is 9.18 Å². The first-order valence-electron chi connectivity index (χ1n) is 4.22. The molecule has 0 heterocycles. The second-order valence-electron chi connectivity index (χ2n) is 2.67. The molecule has 0 amide bonds. The molecule has 0 fully saturated rings. The van der Waals surface area contributed by atoms with Crippen molar-refractivity contribution in [1.82, 2.24) is 0 Å². The summed E-state index contributed by atoms with van der Waals surface area (Å²) in [6.07, 6.45) is 3.05. The summed E-state index contributed by atoms with van der Waals surface area (Å²) in [6.45, 7) is -1.13. The second kappa shape index (κ2) is 6.05. The zero-order valence-electron chi connectivity index (χ0n) is 7.65. The minimum Gasteiger partial charge on any atom is -0.342 e. The van der Waals surface area contributed by atoms with Crippen LogP contribution in [0.4, 0.5) is 4.39 Å². The molecule has 1 rings (SSSR count). The van der Waals surface area contributed by atoms with Crippen LogP contribution >= 0.6 is 0 Å². The van der Waals surface area contributed by atoms with Crippen LogP contribution in [0, 0.1) is 0 Å². The maximum absolute atomic E-state index is 11.5. The first kappa shape index (κ1) is 10.6. The topological polar surface area (TPSA) is 26.3 Å². The third kappa shape index (κ3) is 3.96. The molecule has 74 valence electrons. The fourth-order valence-electron chi connectivity index (χ4n) is 0.941. The Bertz CT molecular complexity index is 306. The van der Waals surface area contributed by atoms with E-state index in [1.54, 1.807) is 6.08 Å². The smallest absolute Gasteiger partial charge is 0.188 e. The van der Waals surface area contributed by atoms with Crippen molar-refractivity contribution < 1.29 is 13.9 Å². The summed E-state index contributed by atoms with van der Waals surface area (Å²) in [5.74, 6) is -0.244. The van der Waals surface area contributed by atoms with Gasteiger partial charge in [0.1, 0.15) is 6.61 Å². The van der Waals surface area contributed by atoms with Gasteiger partial charge in [-0.05, 0) is 11.6 Å². The van der Waals surface area contributed by atoms with Gasteiger partial charge in [0.05, 0.1) is 0 Å². The van der Waals surface area contributed by atoms with Crippen LogP contribution < -0.4 is 0 Å². The van der Waals surface area contributed by atoms with Crippen LogP contribution in [-0.2, 0) is 9.53 Å². The van der Waals surface area contributed by atoms with Crippen LogP contribution in [0.3, 0.4) is 0 Å². The Hall–Kier alpha value is -1.48. The first-order valence-corrected chi connectivity index (χ1v) is 4.22. The number of ether oxygens (including phenoxy) is 1. The van der Waals surface area contributed by atoms with Crippen LogP contribution in [0.5, 0.6) is 0 Å². The second-order valence-corrected chi connectivity index (χ2v) is 2.67. The highest BCUT2D eigenvalue weighted by Gasteiger charge is 1.95. The van der Waals surface area contributed by atoms with Gasteiger partial charge >= 0.3 is 0 Å². The average Bonchev–Trinajstić information content (AvgIpc) is 2.25. The molecule has 1 aromatic rings. The molecule has 0 radical (unpaired) electrons. The van der Waals surface area contributed by atoms with Gasteiger partial charge in [0, 0.05) is 0 Å². The molecule has 0 N–H and O–H groups in total.